The molecule has 0 aromatic heterocycles. The monoisotopic (exact) mass is 287 g/mol. The summed E-state index contributed by atoms with van der Waals surface area (Å²) in [4.78, 5) is 0. The number of nitrogens with two attached hydrogens (primary N) is 1. The molecule has 0 saturated carbocycles. The van der Waals surface area contributed by atoms with Gasteiger partial charge in [0.1, 0.15) is 11.6 Å². The summed E-state index contributed by atoms with van der Waals surface area (Å²) in [6, 6.07) is 15.1. The lowest BCUT2D eigenvalue weighted by atomic mass is 10.1. The molecule has 0 amide bonds. The van der Waals surface area contributed by atoms with E-state index in [1.54, 1.807) is 0 Å². The summed E-state index contributed by atoms with van der Waals surface area (Å²) in [5.41, 5.74) is 7.92. The van der Waals surface area contributed by atoms with E-state index in [1.165, 1.54) is 17.7 Å². The maximum Gasteiger partial charge on any atom is 0.127 e. The zero-order chi connectivity index (χ0) is 15.1. The zero-order valence-electron chi connectivity index (χ0n) is 12.4. The number of rotatable bonds is 7. The Labute approximate surface area is 125 Å². The van der Waals surface area contributed by atoms with Crippen LogP contribution in [0.25, 0.3) is 0 Å². The van der Waals surface area contributed by atoms with Crippen LogP contribution in [0.5, 0.6) is 5.75 Å². The molecule has 21 heavy (non-hydrogen) atoms. The Hall–Kier alpha value is -1.87. The zero-order valence-corrected chi connectivity index (χ0v) is 12.4. The SMILES string of the molecule is CC(N)Cc1cc(F)cc(OCCCc2ccccc2)c1. The van der Waals surface area contributed by atoms with Crippen LogP contribution in [0, 0.1) is 5.82 Å². The summed E-state index contributed by atoms with van der Waals surface area (Å²) in [6.45, 7) is 2.49. The van der Waals surface area contributed by atoms with Crippen molar-refractivity contribution in [2.24, 2.45) is 5.73 Å². The average molecular weight is 287 g/mol. The summed E-state index contributed by atoms with van der Waals surface area (Å²) < 4.78 is 19.2. The molecule has 0 fully saturated rings. The highest BCUT2D eigenvalue weighted by molar-refractivity contribution is 5.30. The Balaban J connectivity index is 1.84. The fourth-order valence-electron chi connectivity index (χ4n) is 2.30. The van der Waals surface area contributed by atoms with Gasteiger partial charge in [-0.3, -0.25) is 0 Å². The van der Waals surface area contributed by atoms with Crippen molar-refractivity contribution >= 4 is 0 Å². The molecule has 2 aromatic carbocycles. The van der Waals surface area contributed by atoms with Crippen LogP contribution >= 0.6 is 0 Å². The molecule has 2 rings (SSSR count). The van der Waals surface area contributed by atoms with Crippen molar-refractivity contribution in [3.05, 3.63) is 65.5 Å². The highest BCUT2D eigenvalue weighted by atomic mass is 19.1. The lowest BCUT2D eigenvalue weighted by Gasteiger charge is -2.10. The molecule has 1 atom stereocenters. The lowest BCUT2D eigenvalue weighted by molar-refractivity contribution is 0.309. The van der Waals surface area contributed by atoms with Gasteiger partial charge < -0.3 is 10.5 Å². The van der Waals surface area contributed by atoms with Gasteiger partial charge in [-0.25, -0.2) is 4.39 Å². The molecule has 2 N–H and O–H groups in total. The molecular formula is C18H22FNO. The van der Waals surface area contributed by atoms with Crippen LogP contribution in [0.15, 0.2) is 48.5 Å². The Morgan fingerprint density at radius 1 is 1.10 bits per heavy atom. The number of hydrogen-bond acceptors (Lipinski definition) is 2. The Morgan fingerprint density at radius 3 is 2.57 bits per heavy atom. The van der Waals surface area contributed by atoms with Crippen LogP contribution in [0.2, 0.25) is 0 Å². The van der Waals surface area contributed by atoms with Crippen LogP contribution in [-0.4, -0.2) is 12.6 Å². The van der Waals surface area contributed by atoms with E-state index in [2.05, 4.69) is 12.1 Å². The van der Waals surface area contributed by atoms with Crippen molar-refractivity contribution < 1.29 is 9.13 Å². The van der Waals surface area contributed by atoms with E-state index in [0.717, 1.165) is 18.4 Å². The second-order valence-electron chi connectivity index (χ2n) is 5.41. The molecule has 0 bridgehead atoms. The lowest BCUT2D eigenvalue weighted by Crippen LogP contribution is -2.17. The number of benzene rings is 2. The van der Waals surface area contributed by atoms with E-state index >= 15 is 0 Å². The second kappa shape index (κ2) is 7.79. The van der Waals surface area contributed by atoms with Gasteiger partial charge in [0.2, 0.25) is 0 Å². The third kappa shape index (κ3) is 5.56. The summed E-state index contributed by atoms with van der Waals surface area (Å²) >= 11 is 0. The highest BCUT2D eigenvalue weighted by Crippen LogP contribution is 2.18. The van der Waals surface area contributed by atoms with Crippen molar-refractivity contribution in [2.45, 2.75) is 32.2 Å². The maximum absolute atomic E-state index is 13.5. The molecule has 0 spiro atoms. The van der Waals surface area contributed by atoms with Crippen LogP contribution in [0.4, 0.5) is 4.39 Å². The van der Waals surface area contributed by atoms with Crippen molar-refractivity contribution in [1.82, 2.24) is 0 Å². The predicted molar refractivity (Wildman–Crippen MR) is 84.0 cm³/mol. The number of halogens is 1. The normalized spacial score (nSPS) is 12.1. The molecule has 3 heteroatoms. The minimum absolute atomic E-state index is 0.0118. The third-order valence-corrected chi connectivity index (χ3v) is 3.21. The minimum Gasteiger partial charge on any atom is -0.493 e. The molecule has 112 valence electrons. The van der Waals surface area contributed by atoms with Crippen molar-refractivity contribution in [1.29, 1.82) is 0 Å². The van der Waals surface area contributed by atoms with Crippen LogP contribution in [-0.2, 0) is 12.8 Å². The first-order valence-corrected chi connectivity index (χ1v) is 7.35. The second-order valence-corrected chi connectivity index (χ2v) is 5.41. The molecule has 0 aliphatic rings. The van der Waals surface area contributed by atoms with Gasteiger partial charge in [0.15, 0.2) is 0 Å². The quantitative estimate of drug-likeness (QED) is 0.788. The van der Waals surface area contributed by atoms with Gasteiger partial charge in [0, 0.05) is 12.1 Å². The van der Waals surface area contributed by atoms with E-state index < -0.39 is 0 Å². The van der Waals surface area contributed by atoms with Crippen molar-refractivity contribution in [3.63, 3.8) is 0 Å². The maximum atomic E-state index is 13.5. The first-order chi connectivity index (χ1) is 10.1. The van der Waals surface area contributed by atoms with Crippen molar-refractivity contribution in [3.8, 4) is 5.75 Å². The topological polar surface area (TPSA) is 35.2 Å². The van der Waals surface area contributed by atoms with E-state index in [9.17, 15) is 4.39 Å². The van der Waals surface area contributed by atoms with Gasteiger partial charge in [0.25, 0.3) is 0 Å². The first kappa shape index (κ1) is 15.5. The van der Waals surface area contributed by atoms with E-state index in [0.29, 0.717) is 18.8 Å². The Bertz CT molecular complexity index is 554. The van der Waals surface area contributed by atoms with E-state index in [4.69, 9.17) is 10.5 Å². The van der Waals surface area contributed by atoms with Gasteiger partial charge in [0.05, 0.1) is 6.61 Å². The van der Waals surface area contributed by atoms with Crippen LogP contribution in [0.1, 0.15) is 24.5 Å². The van der Waals surface area contributed by atoms with Gasteiger partial charge in [-0.05, 0) is 49.4 Å². The summed E-state index contributed by atoms with van der Waals surface area (Å²) in [5.74, 6) is 0.310. The van der Waals surface area contributed by atoms with Gasteiger partial charge >= 0.3 is 0 Å². The van der Waals surface area contributed by atoms with Gasteiger partial charge in [-0.15, -0.1) is 0 Å². The largest absolute Gasteiger partial charge is 0.493 e. The predicted octanol–water partition coefficient (Wildman–Crippen LogP) is 3.73. The smallest absolute Gasteiger partial charge is 0.127 e. The molecule has 0 aliphatic carbocycles. The molecule has 2 aromatic rings. The van der Waals surface area contributed by atoms with E-state index in [1.807, 2.05) is 31.2 Å². The third-order valence-electron chi connectivity index (χ3n) is 3.21. The molecule has 0 aliphatic heterocycles. The summed E-state index contributed by atoms with van der Waals surface area (Å²) in [5, 5.41) is 0. The summed E-state index contributed by atoms with van der Waals surface area (Å²) in [7, 11) is 0. The van der Waals surface area contributed by atoms with E-state index in [-0.39, 0.29) is 11.9 Å². The van der Waals surface area contributed by atoms with Gasteiger partial charge in [-0.1, -0.05) is 30.3 Å². The molecule has 0 radical (unpaired) electrons. The van der Waals surface area contributed by atoms with Crippen LogP contribution < -0.4 is 10.5 Å². The Kier molecular flexibility index (Phi) is 5.76. The van der Waals surface area contributed by atoms with Crippen molar-refractivity contribution in [2.75, 3.05) is 6.61 Å². The molecule has 0 heterocycles. The Morgan fingerprint density at radius 2 is 1.86 bits per heavy atom. The summed E-state index contributed by atoms with van der Waals surface area (Å²) in [6.07, 6.45) is 2.52. The van der Waals surface area contributed by atoms with Gasteiger partial charge in [-0.2, -0.15) is 0 Å². The standard InChI is InChI=1S/C18H22FNO/c1-14(20)10-16-11-17(19)13-18(12-16)21-9-5-8-15-6-3-2-4-7-15/h2-4,6-7,11-14H,5,8-10,20H2,1H3. The highest BCUT2D eigenvalue weighted by Gasteiger charge is 2.04. The number of ether oxygens (including phenoxy) is 1. The van der Waals surface area contributed by atoms with Crippen LogP contribution in [0.3, 0.4) is 0 Å². The number of hydrogen-bond donors (Lipinski definition) is 1. The minimum atomic E-state index is -0.272. The first-order valence-electron chi connectivity index (χ1n) is 7.35. The molecule has 1 unspecified atom stereocenters. The fourth-order valence-corrected chi connectivity index (χ4v) is 2.30. The number of aryl methyl sites for hydroxylation is 1. The molecule has 0 saturated heterocycles. The molecule has 2 nitrogen and oxygen atoms in total. The molecular weight excluding hydrogens is 265 g/mol. The fraction of sp³-hybridized carbons (Fsp3) is 0.333. The average Bonchev–Trinajstić information content (AvgIpc) is 2.43.